The van der Waals surface area contributed by atoms with Crippen LogP contribution < -0.4 is 0 Å². The van der Waals surface area contributed by atoms with Gasteiger partial charge in [-0.25, -0.2) is 0 Å². The number of carbonyl (C=O) groups excluding carboxylic acids is 3. The molecular weight excluding hydrogens is 961 g/mol. The molecule has 1 unspecified atom stereocenters. The molecular formula is C72H138O6. The predicted molar refractivity (Wildman–Crippen MR) is 340 cm³/mol. The molecule has 462 valence electrons. The van der Waals surface area contributed by atoms with Gasteiger partial charge in [0.2, 0.25) is 0 Å². The van der Waals surface area contributed by atoms with Gasteiger partial charge in [-0.2, -0.15) is 0 Å². The molecule has 0 aliphatic rings. The van der Waals surface area contributed by atoms with E-state index in [4.69, 9.17) is 14.2 Å². The number of esters is 3. The van der Waals surface area contributed by atoms with Gasteiger partial charge in [0.15, 0.2) is 6.10 Å². The fraction of sp³-hybridized carbons (Fsp3) is 0.931. The fourth-order valence-corrected chi connectivity index (χ4v) is 11.2. The lowest BCUT2D eigenvalue weighted by atomic mass is 10.0. The van der Waals surface area contributed by atoms with Crippen LogP contribution in [0.5, 0.6) is 0 Å². The third-order valence-electron chi connectivity index (χ3n) is 16.5. The van der Waals surface area contributed by atoms with Gasteiger partial charge in [0, 0.05) is 19.3 Å². The van der Waals surface area contributed by atoms with Crippen LogP contribution in [0.3, 0.4) is 0 Å². The normalized spacial score (nSPS) is 12.0. The Morgan fingerprint density at radius 3 is 0.641 bits per heavy atom. The van der Waals surface area contributed by atoms with E-state index >= 15 is 0 Å². The van der Waals surface area contributed by atoms with Crippen molar-refractivity contribution < 1.29 is 28.6 Å². The number of rotatable bonds is 67. The summed E-state index contributed by atoms with van der Waals surface area (Å²) in [5.41, 5.74) is 0. The van der Waals surface area contributed by atoms with Crippen LogP contribution in [0.1, 0.15) is 412 Å². The highest BCUT2D eigenvalue weighted by molar-refractivity contribution is 5.71. The van der Waals surface area contributed by atoms with Crippen molar-refractivity contribution >= 4 is 17.9 Å². The van der Waals surface area contributed by atoms with Crippen molar-refractivity contribution in [3.63, 3.8) is 0 Å². The van der Waals surface area contributed by atoms with Crippen molar-refractivity contribution in [1.29, 1.82) is 0 Å². The molecule has 0 aliphatic heterocycles. The molecule has 0 aromatic rings. The molecule has 0 fully saturated rings. The Balaban J connectivity index is 4.18. The summed E-state index contributed by atoms with van der Waals surface area (Å²) < 4.78 is 17.0. The summed E-state index contributed by atoms with van der Waals surface area (Å²) in [7, 11) is 0. The van der Waals surface area contributed by atoms with Crippen LogP contribution in [0.25, 0.3) is 0 Å². The molecule has 0 heterocycles. The second kappa shape index (κ2) is 67.7. The van der Waals surface area contributed by atoms with Crippen molar-refractivity contribution in [3.8, 4) is 0 Å². The summed E-state index contributed by atoms with van der Waals surface area (Å²) >= 11 is 0. The maximum Gasteiger partial charge on any atom is 0.306 e. The Labute approximate surface area is 488 Å². The standard InChI is InChI=1S/C72H138O6/c1-4-7-10-13-16-19-22-25-27-29-31-33-35-36-38-39-41-43-45-47-50-53-56-59-62-65-71(74)77-68-69(67-76-70(73)64-61-58-55-52-49-24-21-18-15-12-9-6-3)78-72(75)66-63-60-57-54-51-48-46-44-42-40-37-34-32-30-28-26-23-20-17-14-11-8-5-2/h30,32,69H,4-29,31,33-68H2,1-3H3/b32-30-. The number of ether oxygens (including phenoxy) is 3. The zero-order chi connectivity index (χ0) is 56.4. The van der Waals surface area contributed by atoms with Crippen molar-refractivity contribution in [2.75, 3.05) is 13.2 Å². The van der Waals surface area contributed by atoms with Crippen LogP contribution in [0.4, 0.5) is 0 Å². The van der Waals surface area contributed by atoms with Gasteiger partial charge in [0.05, 0.1) is 0 Å². The van der Waals surface area contributed by atoms with Gasteiger partial charge in [-0.1, -0.05) is 360 Å². The Morgan fingerprint density at radius 2 is 0.423 bits per heavy atom. The third-order valence-corrected chi connectivity index (χ3v) is 16.5. The van der Waals surface area contributed by atoms with Gasteiger partial charge >= 0.3 is 17.9 Å². The lowest BCUT2D eigenvalue weighted by Gasteiger charge is -2.18. The van der Waals surface area contributed by atoms with E-state index in [1.807, 2.05) is 0 Å². The maximum absolute atomic E-state index is 12.9. The molecule has 0 N–H and O–H groups in total. The molecule has 1 atom stereocenters. The van der Waals surface area contributed by atoms with E-state index in [0.717, 1.165) is 57.8 Å². The minimum Gasteiger partial charge on any atom is -0.462 e. The van der Waals surface area contributed by atoms with Crippen LogP contribution in [-0.2, 0) is 28.6 Å². The molecule has 0 aromatic carbocycles. The highest BCUT2D eigenvalue weighted by Gasteiger charge is 2.19. The maximum atomic E-state index is 12.9. The lowest BCUT2D eigenvalue weighted by Crippen LogP contribution is -2.30. The van der Waals surface area contributed by atoms with E-state index in [-0.39, 0.29) is 31.1 Å². The Morgan fingerprint density at radius 1 is 0.244 bits per heavy atom. The topological polar surface area (TPSA) is 78.9 Å². The van der Waals surface area contributed by atoms with Gasteiger partial charge in [-0.15, -0.1) is 0 Å². The summed E-state index contributed by atoms with van der Waals surface area (Å²) in [5.74, 6) is -0.829. The highest BCUT2D eigenvalue weighted by atomic mass is 16.6. The number of unbranched alkanes of at least 4 members (excludes halogenated alkanes) is 54. The molecule has 0 spiro atoms. The summed E-state index contributed by atoms with van der Waals surface area (Å²) in [6, 6.07) is 0. The molecule has 0 aliphatic carbocycles. The molecule has 0 saturated heterocycles. The van der Waals surface area contributed by atoms with Gasteiger partial charge in [0.25, 0.3) is 0 Å². The molecule has 0 amide bonds. The van der Waals surface area contributed by atoms with E-state index in [9.17, 15) is 14.4 Å². The average Bonchev–Trinajstić information content (AvgIpc) is 3.44. The minimum absolute atomic E-state index is 0.0631. The monoisotopic (exact) mass is 1100 g/mol. The van der Waals surface area contributed by atoms with Crippen molar-refractivity contribution in [1.82, 2.24) is 0 Å². The number of hydrogen-bond donors (Lipinski definition) is 0. The molecule has 6 nitrogen and oxygen atoms in total. The quantitative estimate of drug-likeness (QED) is 0.0261. The SMILES string of the molecule is CCCCCCCCCC/C=C\CCCCCCCCCCCCCC(=O)OC(COC(=O)CCCCCCCCCCCCCC)COC(=O)CCCCCCCCCCCCCCCCCCCCCCCCCCC. The highest BCUT2D eigenvalue weighted by Crippen LogP contribution is 2.19. The molecule has 0 saturated carbocycles. The van der Waals surface area contributed by atoms with E-state index in [1.54, 1.807) is 0 Å². The van der Waals surface area contributed by atoms with Crippen molar-refractivity contribution in [2.45, 2.75) is 419 Å². The summed E-state index contributed by atoms with van der Waals surface area (Å²) in [6.07, 6.45) is 81.1. The van der Waals surface area contributed by atoms with E-state index < -0.39 is 6.10 Å². The lowest BCUT2D eigenvalue weighted by molar-refractivity contribution is -0.167. The first-order chi connectivity index (χ1) is 38.5. The van der Waals surface area contributed by atoms with Crippen LogP contribution in [0, 0.1) is 0 Å². The first-order valence-corrected chi connectivity index (χ1v) is 35.7. The Hall–Kier alpha value is -1.85. The van der Waals surface area contributed by atoms with Crippen molar-refractivity contribution in [2.24, 2.45) is 0 Å². The van der Waals surface area contributed by atoms with Crippen LogP contribution in [0.2, 0.25) is 0 Å². The second-order valence-corrected chi connectivity index (χ2v) is 24.5. The fourth-order valence-electron chi connectivity index (χ4n) is 11.2. The smallest absolute Gasteiger partial charge is 0.306 e. The molecule has 0 bridgehead atoms. The summed E-state index contributed by atoms with van der Waals surface area (Å²) in [6.45, 7) is 6.73. The van der Waals surface area contributed by atoms with Crippen LogP contribution in [0.15, 0.2) is 12.2 Å². The van der Waals surface area contributed by atoms with Gasteiger partial charge in [-0.3, -0.25) is 14.4 Å². The summed E-state index contributed by atoms with van der Waals surface area (Å²) in [4.78, 5) is 38.4. The zero-order valence-corrected chi connectivity index (χ0v) is 53.2. The van der Waals surface area contributed by atoms with Crippen LogP contribution >= 0.6 is 0 Å². The predicted octanol–water partition coefficient (Wildman–Crippen LogP) is 24.4. The number of carbonyl (C=O) groups is 3. The zero-order valence-electron chi connectivity index (χ0n) is 53.2. The van der Waals surface area contributed by atoms with Gasteiger partial charge in [0.1, 0.15) is 13.2 Å². The number of hydrogen-bond acceptors (Lipinski definition) is 6. The molecule has 78 heavy (non-hydrogen) atoms. The van der Waals surface area contributed by atoms with E-state index in [2.05, 4.69) is 32.9 Å². The minimum atomic E-state index is -0.766. The van der Waals surface area contributed by atoms with E-state index in [1.165, 1.54) is 315 Å². The largest absolute Gasteiger partial charge is 0.462 e. The van der Waals surface area contributed by atoms with Crippen LogP contribution in [-0.4, -0.2) is 37.2 Å². The molecule has 0 radical (unpaired) electrons. The molecule has 6 heteroatoms. The third kappa shape index (κ3) is 65.0. The van der Waals surface area contributed by atoms with E-state index in [0.29, 0.717) is 19.3 Å². The summed E-state index contributed by atoms with van der Waals surface area (Å²) in [5, 5.41) is 0. The molecule has 0 rings (SSSR count). The van der Waals surface area contributed by atoms with Crippen molar-refractivity contribution in [3.05, 3.63) is 12.2 Å². The second-order valence-electron chi connectivity index (χ2n) is 24.5. The first kappa shape index (κ1) is 76.1. The van der Waals surface area contributed by atoms with Gasteiger partial charge in [-0.05, 0) is 44.9 Å². The average molecular weight is 1100 g/mol. The Kier molecular flexibility index (Phi) is 66.0. The molecule has 0 aromatic heterocycles. The number of allylic oxidation sites excluding steroid dienone is 2. The Bertz CT molecular complexity index is 1210. The first-order valence-electron chi connectivity index (χ1n) is 35.7. The van der Waals surface area contributed by atoms with Gasteiger partial charge < -0.3 is 14.2 Å².